The molecule has 0 atom stereocenters. The molecule has 22 heavy (non-hydrogen) atoms. The summed E-state index contributed by atoms with van der Waals surface area (Å²) in [6, 6.07) is 7.85. The van der Waals surface area contributed by atoms with E-state index < -0.39 is 0 Å². The molecule has 0 aliphatic carbocycles. The zero-order chi connectivity index (χ0) is 15.9. The van der Waals surface area contributed by atoms with Crippen molar-refractivity contribution in [1.82, 2.24) is 4.68 Å². The highest BCUT2D eigenvalue weighted by Gasteiger charge is 2.14. The van der Waals surface area contributed by atoms with Crippen molar-refractivity contribution in [3.8, 4) is 0 Å². The Morgan fingerprint density at radius 3 is 2.82 bits per heavy atom. The lowest BCUT2D eigenvalue weighted by Crippen LogP contribution is -2.29. The smallest absolute Gasteiger partial charge is 0.211 e. The number of ether oxygens (including phenoxy) is 1. The Labute approximate surface area is 131 Å². The molecule has 5 heteroatoms. The van der Waals surface area contributed by atoms with Gasteiger partial charge in [0, 0.05) is 25.0 Å². The van der Waals surface area contributed by atoms with Crippen LogP contribution in [0.3, 0.4) is 0 Å². The Hall–Kier alpha value is -2.27. The van der Waals surface area contributed by atoms with Crippen LogP contribution in [0.15, 0.2) is 30.5 Å². The molecule has 0 fully saturated rings. The molecule has 1 aromatic carbocycles. The quantitative estimate of drug-likeness (QED) is 0.762. The Bertz CT molecular complexity index is 609. The van der Waals surface area contributed by atoms with E-state index in [1.54, 1.807) is 0 Å². The van der Waals surface area contributed by atoms with Crippen LogP contribution in [0.1, 0.15) is 25.0 Å². The lowest BCUT2D eigenvalue weighted by molar-refractivity contribution is -0.105. The van der Waals surface area contributed by atoms with E-state index in [1.165, 1.54) is 0 Å². The maximum atomic E-state index is 10.9. The number of nitrogens with one attached hydrogen (secondary N) is 1. The Morgan fingerprint density at radius 1 is 1.41 bits per heavy atom. The van der Waals surface area contributed by atoms with E-state index in [0.717, 1.165) is 29.0 Å². The van der Waals surface area contributed by atoms with Crippen molar-refractivity contribution in [3.63, 3.8) is 0 Å². The molecule has 0 aliphatic heterocycles. The largest absolute Gasteiger partial charge is 0.377 e. The number of benzene rings is 1. The standard InChI is InChI=1S/C17H22N3O2/c1-4-20(19-8-6-7-9-19)17-11-15(12-22-5-2)10-16(14(17)3)18-13-21/h6-8,10-11,13H,4-5,12H2,1-3H3,(H,18,21). The molecule has 0 saturated heterocycles. The minimum Gasteiger partial charge on any atom is -0.377 e. The summed E-state index contributed by atoms with van der Waals surface area (Å²) in [5.41, 5.74) is 3.86. The molecule has 0 saturated carbocycles. The summed E-state index contributed by atoms with van der Waals surface area (Å²) in [6.07, 6.45) is 5.80. The van der Waals surface area contributed by atoms with Gasteiger partial charge < -0.3 is 10.1 Å². The predicted molar refractivity (Wildman–Crippen MR) is 87.9 cm³/mol. The SMILES string of the molecule is CCOCc1cc(NC=O)c(C)c(N(CC)n2[c]ccc2)c1. The van der Waals surface area contributed by atoms with Gasteiger partial charge in [0.05, 0.1) is 18.5 Å². The highest BCUT2D eigenvalue weighted by atomic mass is 16.5. The Morgan fingerprint density at radius 2 is 2.23 bits per heavy atom. The van der Waals surface area contributed by atoms with Gasteiger partial charge in [-0.25, -0.2) is 0 Å². The van der Waals surface area contributed by atoms with Gasteiger partial charge in [-0.05, 0) is 56.2 Å². The fraction of sp³-hybridized carbons (Fsp3) is 0.353. The van der Waals surface area contributed by atoms with Crippen molar-refractivity contribution >= 4 is 17.8 Å². The summed E-state index contributed by atoms with van der Waals surface area (Å²) < 4.78 is 7.42. The lowest BCUT2D eigenvalue weighted by atomic mass is 10.1. The first-order valence-electron chi connectivity index (χ1n) is 7.45. The molecule has 1 heterocycles. The van der Waals surface area contributed by atoms with Crippen LogP contribution in [0.2, 0.25) is 0 Å². The summed E-state index contributed by atoms with van der Waals surface area (Å²) in [5.74, 6) is 0. The number of amides is 1. The average Bonchev–Trinajstić information content (AvgIpc) is 3.04. The maximum absolute atomic E-state index is 10.9. The number of nitrogens with zero attached hydrogens (tertiary/aromatic N) is 2. The van der Waals surface area contributed by atoms with Crippen LogP contribution >= 0.6 is 0 Å². The molecule has 0 aliphatic rings. The molecule has 1 N–H and O–H groups in total. The van der Waals surface area contributed by atoms with E-state index in [9.17, 15) is 4.79 Å². The first-order valence-corrected chi connectivity index (χ1v) is 7.45. The van der Waals surface area contributed by atoms with Crippen LogP contribution < -0.4 is 10.3 Å². The molecule has 2 aromatic rings. The number of hydrogen-bond acceptors (Lipinski definition) is 3. The van der Waals surface area contributed by atoms with Crippen molar-refractivity contribution in [2.45, 2.75) is 27.4 Å². The van der Waals surface area contributed by atoms with Crippen molar-refractivity contribution in [1.29, 1.82) is 0 Å². The van der Waals surface area contributed by atoms with Crippen molar-refractivity contribution in [2.24, 2.45) is 0 Å². The van der Waals surface area contributed by atoms with Crippen LogP contribution in [-0.2, 0) is 16.1 Å². The van der Waals surface area contributed by atoms with Crippen LogP contribution in [0.5, 0.6) is 0 Å². The van der Waals surface area contributed by atoms with Gasteiger partial charge in [0.1, 0.15) is 0 Å². The van der Waals surface area contributed by atoms with Crippen LogP contribution in [0, 0.1) is 13.1 Å². The highest BCUT2D eigenvalue weighted by molar-refractivity contribution is 5.78. The predicted octanol–water partition coefficient (Wildman–Crippen LogP) is 2.99. The van der Waals surface area contributed by atoms with Gasteiger partial charge in [-0.15, -0.1) is 0 Å². The third-order valence-corrected chi connectivity index (χ3v) is 3.50. The molecule has 1 radical (unpaired) electrons. The summed E-state index contributed by atoms with van der Waals surface area (Å²) in [4.78, 5) is 10.9. The summed E-state index contributed by atoms with van der Waals surface area (Å²) in [5, 5.41) is 4.87. The molecule has 2 rings (SSSR count). The van der Waals surface area contributed by atoms with Gasteiger partial charge in [-0.2, -0.15) is 0 Å². The van der Waals surface area contributed by atoms with E-state index in [4.69, 9.17) is 4.74 Å². The number of hydrogen-bond donors (Lipinski definition) is 1. The van der Waals surface area contributed by atoms with E-state index >= 15 is 0 Å². The second-order valence-corrected chi connectivity index (χ2v) is 4.88. The Balaban J connectivity index is 2.46. The van der Waals surface area contributed by atoms with E-state index in [1.807, 2.05) is 42.9 Å². The topological polar surface area (TPSA) is 46.5 Å². The molecule has 0 spiro atoms. The van der Waals surface area contributed by atoms with Gasteiger partial charge in [0.2, 0.25) is 6.41 Å². The second kappa shape index (κ2) is 7.66. The zero-order valence-corrected chi connectivity index (χ0v) is 13.3. The number of rotatable bonds is 8. The Kier molecular flexibility index (Phi) is 5.61. The minimum atomic E-state index is 0.518. The zero-order valence-electron chi connectivity index (χ0n) is 13.3. The van der Waals surface area contributed by atoms with Gasteiger partial charge in [0.25, 0.3) is 0 Å². The molecular weight excluding hydrogens is 278 g/mol. The van der Waals surface area contributed by atoms with Crippen molar-refractivity contribution in [3.05, 3.63) is 47.8 Å². The number of anilines is 2. The third-order valence-electron chi connectivity index (χ3n) is 3.50. The second-order valence-electron chi connectivity index (χ2n) is 4.88. The van der Waals surface area contributed by atoms with Gasteiger partial charge in [0.15, 0.2) is 0 Å². The van der Waals surface area contributed by atoms with Gasteiger partial charge in [-0.3, -0.25) is 14.5 Å². The molecule has 5 nitrogen and oxygen atoms in total. The van der Waals surface area contributed by atoms with Crippen molar-refractivity contribution in [2.75, 3.05) is 23.5 Å². The maximum Gasteiger partial charge on any atom is 0.211 e. The number of carbonyl (C=O) groups excluding carboxylic acids is 1. The van der Waals surface area contributed by atoms with E-state index in [2.05, 4.69) is 29.5 Å². The van der Waals surface area contributed by atoms with Crippen LogP contribution in [0.4, 0.5) is 11.4 Å². The fourth-order valence-corrected chi connectivity index (χ4v) is 2.42. The highest BCUT2D eigenvalue weighted by Crippen LogP contribution is 2.29. The number of aromatic nitrogens is 1. The molecule has 0 unspecified atom stereocenters. The van der Waals surface area contributed by atoms with Crippen LogP contribution in [0.25, 0.3) is 0 Å². The molecule has 1 aromatic heterocycles. The van der Waals surface area contributed by atoms with Crippen molar-refractivity contribution < 1.29 is 9.53 Å². The van der Waals surface area contributed by atoms with Crippen LogP contribution in [-0.4, -0.2) is 24.2 Å². The summed E-state index contributed by atoms with van der Waals surface area (Å²) in [6.45, 7) is 8.00. The molecule has 1 amide bonds. The third kappa shape index (κ3) is 3.49. The summed E-state index contributed by atoms with van der Waals surface area (Å²) >= 11 is 0. The average molecular weight is 300 g/mol. The van der Waals surface area contributed by atoms with E-state index in [0.29, 0.717) is 19.6 Å². The molecule has 117 valence electrons. The molecule has 0 bridgehead atoms. The molecular formula is C17H22N3O2. The van der Waals surface area contributed by atoms with E-state index in [-0.39, 0.29) is 0 Å². The lowest BCUT2D eigenvalue weighted by Gasteiger charge is -2.27. The first kappa shape index (κ1) is 16.1. The minimum absolute atomic E-state index is 0.518. The summed E-state index contributed by atoms with van der Waals surface area (Å²) in [7, 11) is 0. The fourth-order valence-electron chi connectivity index (χ4n) is 2.42. The van der Waals surface area contributed by atoms with Gasteiger partial charge >= 0.3 is 0 Å². The van der Waals surface area contributed by atoms with Gasteiger partial charge in [-0.1, -0.05) is 0 Å². The first-order chi connectivity index (χ1) is 10.7. The monoisotopic (exact) mass is 300 g/mol. The normalized spacial score (nSPS) is 10.5. The number of carbonyl (C=O) groups is 1.